The zero-order valence-electron chi connectivity index (χ0n) is 9.92. The molecule has 0 unspecified atom stereocenters. The number of benzene rings is 1. The van der Waals surface area contributed by atoms with Gasteiger partial charge in [0.2, 0.25) is 0 Å². The van der Waals surface area contributed by atoms with E-state index in [1.165, 1.54) is 6.07 Å². The molecule has 0 saturated carbocycles. The molecule has 1 N–H and O–H groups in total. The first-order valence-electron chi connectivity index (χ1n) is 5.95. The first kappa shape index (κ1) is 12.5. The predicted molar refractivity (Wildman–Crippen MR) is 61.6 cm³/mol. The molecule has 94 valence electrons. The number of hydrogen-bond donors (Lipinski definition) is 1. The van der Waals surface area contributed by atoms with Gasteiger partial charge in [0.15, 0.2) is 11.6 Å². The van der Waals surface area contributed by atoms with E-state index in [4.69, 9.17) is 0 Å². The highest BCUT2D eigenvalue weighted by Crippen LogP contribution is 2.33. The van der Waals surface area contributed by atoms with Crippen molar-refractivity contribution in [2.45, 2.75) is 25.4 Å². The highest BCUT2D eigenvalue weighted by Gasteiger charge is 2.33. The highest BCUT2D eigenvalue weighted by atomic mass is 19.2. The molecule has 0 bridgehead atoms. The molecule has 1 saturated heterocycles. The minimum atomic E-state index is -1.01. The molecule has 0 amide bonds. The molecule has 1 aromatic rings. The molecule has 0 aliphatic carbocycles. The van der Waals surface area contributed by atoms with Gasteiger partial charge in [0.05, 0.1) is 5.60 Å². The fourth-order valence-corrected chi connectivity index (χ4v) is 2.31. The van der Waals surface area contributed by atoms with Crippen molar-refractivity contribution in [1.82, 2.24) is 4.90 Å². The topological polar surface area (TPSA) is 23.5 Å². The maximum atomic E-state index is 13.2. The molecule has 0 radical (unpaired) electrons. The Bertz CT molecular complexity index is 400. The Labute approximate surface area is 99.9 Å². The molecular weight excluding hydrogens is 224 g/mol. The van der Waals surface area contributed by atoms with E-state index in [1.807, 2.05) is 0 Å². The molecular formula is C13H17F2NO. The van der Waals surface area contributed by atoms with Crippen LogP contribution >= 0.6 is 0 Å². The third kappa shape index (κ3) is 2.48. The Morgan fingerprint density at radius 2 is 1.88 bits per heavy atom. The van der Waals surface area contributed by atoms with Gasteiger partial charge in [-0.25, -0.2) is 8.78 Å². The lowest BCUT2D eigenvalue weighted by atomic mass is 9.84. The van der Waals surface area contributed by atoms with E-state index in [2.05, 4.69) is 11.8 Å². The molecule has 2 nitrogen and oxygen atoms in total. The van der Waals surface area contributed by atoms with Gasteiger partial charge in [-0.15, -0.1) is 0 Å². The lowest BCUT2D eigenvalue weighted by Gasteiger charge is -2.38. The van der Waals surface area contributed by atoms with Crippen molar-refractivity contribution in [1.29, 1.82) is 0 Å². The van der Waals surface area contributed by atoms with E-state index in [1.54, 1.807) is 0 Å². The average Bonchev–Trinajstić information content (AvgIpc) is 2.33. The van der Waals surface area contributed by atoms with Crippen molar-refractivity contribution in [2.75, 3.05) is 19.6 Å². The van der Waals surface area contributed by atoms with Crippen molar-refractivity contribution in [3.8, 4) is 0 Å². The summed E-state index contributed by atoms with van der Waals surface area (Å²) in [6, 6.07) is 3.66. The van der Waals surface area contributed by atoms with Gasteiger partial charge in [-0.05, 0) is 37.1 Å². The molecule has 2 rings (SSSR count). The van der Waals surface area contributed by atoms with E-state index in [-0.39, 0.29) is 0 Å². The van der Waals surface area contributed by atoms with Crippen molar-refractivity contribution in [2.24, 2.45) is 0 Å². The highest BCUT2D eigenvalue weighted by molar-refractivity contribution is 5.24. The number of halogens is 2. The summed E-state index contributed by atoms with van der Waals surface area (Å²) < 4.78 is 26.0. The van der Waals surface area contributed by atoms with Crippen LogP contribution < -0.4 is 0 Å². The van der Waals surface area contributed by atoms with Crippen LogP contribution in [0.4, 0.5) is 8.78 Å². The monoisotopic (exact) mass is 241 g/mol. The second kappa shape index (κ2) is 4.70. The van der Waals surface area contributed by atoms with E-state index in [0.717, 1.165) is 31.8 Å². The fraction of sp³-hybridized carbons (Fsp3) is 0.538. The first-order chi connectivity index (χ1) is 8.05. The third-order valence-corrected chi connectivity index (χ3v) is 3.59. The van der Waals surface area contributed by atoms with Gasteiger partial charge in [0, 0.05) is 13.1 Å². The minimum Gasteiger partial charge on any atom is -0.385 e. The number of rotatable bonds is 2. The molecule has 1 heterocycles. The Hall–Kier alpha value is -1.00. The number of piperidine rings is 1. The molecule has 1 aromatic carbocycles. The Morgan fingerprint density at radius 3 is 2.41 bits per heavy atom. The second-order valence-corrected chi connectivity index (χ2v) is 4.59. The van der Waals surface area contributed by atoms with Crippen molar-refractivity contribution >= 4 is 0 Å². The number of likely N-dealkylation sites (tertiary alicyclic amines) is 1. The van der Waals surface area contributed by atoms with E-state index >= 15 is 0 Å². The molecule has 0 spiro atoms. The summed E-state index contributed by atoms with van der Waals surface area (Å²) in [5.41, 5.74) is -0.535. The lowest BCUT2D eigenvalue weighted by molar-refractivity contribution is -0.0249. The number of nitrogens with zero attached hydrogens (tertiary/aromatic N) is 1. The summed E-state index contributed by atoms with van der Waals surface area (Å²) >= 11 is 0. The Balaban J connectivity index is 2.18. The van der Waals surface area contributed by atoms with Crippen LogP contribution in [0.3, 0.4) is 0 Å². The summed E-state index contributed by atoms with van der Waals surface area (Å²) in [4.78, 5) is 2.23. The van der Waals surface area contributed by atoms with Crippen LogP contribution in [0, 0.1) is 11.6 Å². The van der Waals surface area contributed by atoms with Gasteiger partial charge in [0.1, 0.15) is 0 Å². The zero-order valence-corrected chi connectivity index (χ0v) is 9.92. The first-order valence-corrected chi connectivity index (χ1v) is 5.95. The third-order valence-electron chi connectivity index (χ3n) is 3.59. The zero-order chi connectivity index (χ0) is 12.5. The largest absolute Gasteiger partial charge is 0.385 e. The fourth-order valence-electron chi connectivity index (χ4n) is 2.31. The summed E-state index contributed by atoms with van der Waals surface area (Å²) in [5.74, 6) is -1.77. The molecule has 0 aromatic heterocycles. The maximum Gasteiger partial charge on any atom is 0.159 e. The normalized spacial score (nSPS) is 20.5. The Morgan fingerprint density at radius 1 is 1.24 bits per heavy atom. The van der Waals surface area contributed by atoms with E-state index < -0.39 is 17.2 Å². The Kier molecular flexibility index (Phi) is 3.45. The van der Waals surface area contributed by atoms with Gasteiger partial charge in [-0.2, -0.15) is 0 Å². The van der Waals surface area contributed by atoms with Crippen LogP contribution in [-0.2, 0) is 5.60 Å². The van der Waals surface area contributed by atoms with Gasteiger partial charge in [-0.1, -0.05) is 13.0 Å². The molecule has 1 aliphatic rings. The lowest BCUT2D eigenvalue weighted by Crippen LogP contribution is -2.42. The van der Waals surface area contributed by atoms with Crippen LogP contribution in [0.2, 0.25) is 0 Å². The molecule has 1 fully saturated rings. The van der Waals surface area contributed by atoms with Crippen LogP contribution in [-0.4, -0.2) is 29.6 Å². The summed E-state index contributed by atoms with van der Waals surface area (Å²) in [5, 5.41) is 10.5. The van der Waals surface area contributed by atoms with Gasteiger partial charge < -0.3 is 10.0 Å². The van der Waals surface area contributed by atoms with Crippen LogP contribution in [0.25, 0.3) is 0 Å². The van der Waals surface area contributed by atoms with Gasteiger partial charge in [0.25, 0.3) is 0 Å². The second-order valence-electron chi connectivity index (χ2n) is 4.59. The SMILES string of the molecule is CCN1CCC(O)(c2ccc(F)c(F)c2)CC1. The quantitative estimate of drug-likeness (QED) is 0.858. The summed E-state index contributed by atoms with van der Waals surface area (Å²) in [6.07, 6.45) is 1.12. The van der Waals surface area contributed by atoms with Gasteiger partial charge >= 0.3 is 0 Å². The minimum absolute atomic E-state index is 0.479. The smallest absolute Gasteiger partial charge is 0.159 e. The summed E-state index contributed by atoms with van der Waals surface area (Å²) in [6.45, 7) is 4.59. The van der Waals surface area contributed by atoms with Crippen LogP contribution in [0.5, 0.6) is 0 Å². The molecule has 17 heavy (non-hydrogen) atoms. The number of aliphatic hydroxyl groups is 1. The molecule has 0 atom stereocenters. The molecule has 4 heteroatoms. The van der Waals surface area contributed by atoms with E-state index in [9.17, 15) is 13.9 Å². The number of hydrogen-bond acceptors (Lipinski definition) is 2. The standard InChI is InChI=1S/C13H17F2NO/c1-2-16-7-5-13(17,6-8-16)10-3-4-11(14)12(15)9-10/h3-4,9,17H,2,5-8H2,1H3. The van der Waals surface area contributed by atoms with Crippen molar-refractivity contribution < 1.29 is 13.9 Å². The predicted octanol–water partition coefficient (Wildman–Crippen LogP) is 2.27. The summed E-state index contributed by atoms with van der Waals surface area (Å²) in [7, 11) is 0. The average molecular weight is 241 g/mol. The van der Waals surface area contributed by atoms with Crippen molar-refractivity contribution in [3.63, 3.8) is 0 Å². The van der Waals surface area contributed by atoms with Crippen LogP contribution in [0.1, 0.15) is 25.3 Å². The van der Waals surface area contributed by atoms with E-state index in [0.29, 0.717) is 18.4 Å². The van der Waals surface area contributed by atoms with Crippen molar-refractivity contribution in [3.05, 3.63) is 35.4 Å². The van der Waals surface area contributed by atoms with Crippen LogP contribution in [0.15, 0.2) is 18.2 Å². The maximum absolute atomic E-state index is 13.2. The molecule has 1 aliphatic heterocycles. The van der Waals surface area contributed by atoms with Gasteiger partial charge in [-0.3, -0.25) is 0 Å².